The lowest BCUT2D eigenvalue weighted by Gasteiger charge is -2.34. The Hall–Kier alpha value is -2.34. The molecule has 0 radical (unpaired) electrons. The van der Waals surface area contributed by atoms with Crippen molar-refractivity contribution in [3.05, 3.63) is 71.8 Å². The molecule has 0 saturated carbocycles. The van der Waals surface area contributed by atoms with Gasteiger partial charge >= 0.3 is 6.18 Å². The van der Waals surface area contributed by atoms with E-state index in [1.54, 1.807) is 43.3 Å². The highest BCUT2D eigenvalue weighted by Gasteiger charge is 2.62. The van der Waals surface area contributed by atoms with Crippen molar-refractivity contribution in [3.8, 4) is 0 Å². The second-order valence-electron chi connectivity index (χ2n) is 5.35. The van der Waals surface area contributed by atoms with E-state index in [0.717, 1.165) is 7.11 Å². The van der Waals surface area contributed by atoms with Gasteiger partial charge in [-0.05, 0) is 12.5 Å². The predicted molar refractivity (Wildman–Crippen MR) is 84.2 cm³/mol. The van der Waals surface area contributed by atoms with Crippen molar-refractivity contribution in [3.63, 3.8) is 0 Å². The second-order valence-corrected chi connectivity index (χ2v) is 5.35. The van der Waals surface area contributed by atoms with Crippen LogP contribution in [0.4, 0.5) is 13.2 Å². The molecule has 0 fully saturated rings. The zero-order valence-corrected chi connectivity index (χ0v) is 13.3. The first-order chi connectivity index (χ1) is 11.3. The zero-order chi connectivity index (χ0) is 17.8. The molecular weight excluding hydrogens is 319 g/mol. The fraction of sp³-hybridized carbons (Fsp3) is 0.278. The first kappa shape index (κ1) is 18.0. The number of carbonyl (C=O) groups is 1. The third kappa shape index (κ3) is 3.28. The molecule has 1 N–H and O–H groups in total. The summed E-state index contributed by atoms with van der Waals surface area (Å²) in [4.78, 5) is 12.6. The van der Waals surface area contributed by atoms with Gasteiger partial charge in [-0.25, -0.2) is 0 Å². The van der Waals surface area contributed by atoms with E-state index in [0.29, 0.717) is 5.56 Å². The summed E-state index contributed by atoms with van der Waals surface area (Å²) in [5.41, 5.74) is -2.62. The summed E-state index contributed by atoms with van der Waals surface area (Å²) >= 11 is 0. The molecule has 2 atom stereocenters. The smallest absolute Gasteiger partial charge is 0.356 e. The Morgan fingerprint density at radius 3 is 1.96 bits per heavy atom. The SMILES string of the molecule is CO[C@](C(=O)NC(C)c1ccccc1)(c1ccccc1)C(F)(F)F. The van der Waals surface area contributed by atoms with Crippen LogP contribution >= 0.6 is 0 Å². The van der Waals surface area contributed by atoms with Gasteiger partial charge in [-0.15, -0.1) is 0 Å². The van der Waals surface area contributed by atoms with E-state index in [4.69, 9.17) is 4.74 Å². The predicted octanol–water partition coefficient (Wildman–Crippen LogP) is 3.97. The van der Waals surface area contributed by atoms with Crippen LogP contribution in [0.5, 0.6) is 0 Å². The largest absolute Gasteiger partial charge is 0.430 e. The first-order valence-electron chi connectivity index (χ1n) is 7.36. The van der Waals surface area contributed by atoms with E-state index < -0.39 is 23.7 Å². The van der Waals surface area contributed by atoms with Gasteiger partial charge in [-0.1, -0.05) is 60.7 Å². The summed E-state index contributed by atoms with van der Waals surface area (Å²) in [5.74, 6) is -1.25. The van der Waals surface area contributed by atoms with Crippen molar-refractivity contribution >= 4 is 5.91 Å². The fourth-order valence-corrected chi connectivity index (χ4v) is 2.55. The lowest BCUT2D eigenvalue weighted by molar-refractivity contribution is -0.266. The molecule has 0 spiro atoms. The average molecular weight is 337 g/mol. The van der Waals surface area contributed by atoms with Gasteiger partial charge in [0.25, 0.3) is 11.5 Å². The first-order valence-corrected chi connectivity index (χ1v) is 7.36. The van der Waals surface area contributed by atoms with Crippen molar-refractivity contribution in [2.75, 3.05) is 7.11 Å². The van der Waals surface area contributed by atoms with Crippen LogP contribution in [0.3, 0.4) is 0 Å². The minimum Gasteiger partial charge on any atom is -0.356 e. The average Bonchev–Trinajstić information content (AvgIpc) is 2.56. The normalized spacial score (nSPS) is 15.4. The van der Waals surface area contributed by atoms with Gasteiger partial charge in [0.1, 0.15) is 0 Å². The number of amides is 1. The lowest BCUT2D eigenvalue weighted by Crippen LogP contribution is -2.56. The highest BCUT2D eigenvalue weighted by atomic mass is 19.4. The Morgan fingerprint density at radius 1 is 1.00 bits per heavy atom. The number of carbonyl (C=O) groups excluding carboxylic acids is 1. The van der Waals surface area contributed by atoms with Crippen LogP contribution in [0.25, 0.3) is 0 Å². The summed E-state index contributed by atoms with van der Waals surface area (Å²) in [5, 5.41) is 2.41. The monoisotopic (exact) mass is 337 g/mol. The van der Waals surface area contributed by atoms with Gasteiger partial charge in [0, 0.05) is 12.7 Å². The Labute approximate surface area is 138 Å². The Bertz CT molecular complexity index is 674. The maximum atomic E-state index is 13.8. The van der Waals surface area contributed by atoms with E-state index in [1.165, 1.54) is 24.3 Å². The summed E-state index contributed by atoms with van der Waals surface area (Å²) < 4.78 is 46.1. The van der Waals surface area contributed by atoms with Crippen LogP contribution in [0.15, 0.2) is 60.7 Å². The highest BCUT2D eigenvalue weighted by Crippen LogP contribution is 2.42. The number of rotatable bonds is 5. The van der Waals surface area contributed by atoms with Gasteiger partial charge in [-0.3, -0.25) is 4.79 Å². The number of hydrogen-bond acceptors (Lipinski definition) is 2. The Balaban J connectivity index is 2.39. The molecule has 6 heteroatoms. The molecule has 0 heterocycles. The topological polar surface area (TPSA) is 38.3 Å². The summed E-state index contributed by atoms with van der Waals surface area (Å²) in [7, 11) is 0.882. The standard InChI is InChI=1S/C18H18F3NO2/c1-13(14-9-5-3-6-10-14)22-16(23)17(24-2,18(19,20)21)15-11-7-4-8-12-15/h3-13H,1-2H3,(H,22,23)/t13?,17-/m0/s1. The van der Waals surface area contributed by atoms with E-state index in [1.807, 2.05) is 0 Å². The number of benzene rings is 2. The summed E-state index contributed by atoms with van der Waals surface area (Å²) in [6, 6.07) is 15.1. The number of hydrogen-bond donors (Lipinski definition) is 1. The van der Waals surface area contributed by atoms with Crippen molar-refractivity contribution in [1.82, 2.24) is 5.32 Å². The lowest BCUT2D eigenvalue weighted by atomic mass is 9.91. The molecule has 0 saturated heterocycles. The van der Waals surface area contributed by atoms with Crippen molar-refractivity contribution in [2.24, 2.45) is 0 Å². The molecule has 2 aromatic rings. The molecule has 0 aliphatic heterocycles. The molecule has 1 unspecified atom stereocenters. The molecule has 0 aliphatic rings. The molecule has 1 amide bonds. The highest BCUT2D eigenvalue weighted by molar-refractivity contribution is 5.88. The molecule has 24 heavy (non-hydrogen) atoms. The molecular formula is C18H18F3NO2. The molecule has 3 nitrogen and oxygen atoms in total. The molecule has 0 aromatic heterocycles. The van der Waals surface area contributed by atoms with Crippen LogP contribution in [0, 0.1) is 0 Å². The fourth-order valence-electron chi connectivity index (χ4n) is 2.55. The van der Waals surface area contributed by atoms with Crippen LogP contribution in [0.2, 0.25) is 0 Å². The maximum absolute atomic E-state index is 13.8. The van der Waals surface area contributed by atoms with Crippen LogP contribution in [-0.4, -0.2) is 19.2 Å². The Kier molecular flexibility index (Phi) is 5.29. The molecule has 128 valence electrons. The van der Waals surface area contributed by atoms with Crippen LogP contribution < -0.4 is 5.32 Å². The second kappa shape index (κ2) is 7.05. The van der Waals surface area contributed by atoms with Gasteiger partial charge in [0.15, 0.2) is 0 Å². The molecule has 2 aromatic carbocycles. The number of nitrogens with one attached hydrogen (secondary N) is 1. The van der Waals surface area contributed by atoms with E-state index in [-0.39, 0.29) is 5.56 Å². The Morgan fingerprint density at radius 2 is 1.50 bits per heavy atom. The van der Waals surface area contributed by atoms with Crippen molar-refractivity contribution < 1.29 is 22.7 Å². The maximum Gasteiger partial charge on any atom is 0.430 e. The molecule has 0 bridgehead atoms. The number of halogens is 3. The van der Waals surface area contributed by atoms with Crippen LogP contribution in [-0.2, 0) is 15.1 Å². The van der Waals surface area contributed by atoms with E-state index >= 15 is 0 Å². The zero-order valence-electron chi connectivity index (χ0n) is 13.3. The van der Waals surface area contributed by atoms with Crippen molar-refractivity contribution in [1.29, 1.82) is 0 Å². The summed E-state index contributed by atoms with van der Waals surface area (Å²) in [6.07, 6.45) is -4.91. The molecule has 0 aliphatic carbocycles. The number of methoxy groups -OCH3 is 1. The van der Waals surface area contributed by atoms with Gasteiger partial charge in [-0.2, -0.15) is 13.2 Å². The number of alkyl halides is 3. The third-order valence-corrected chi connectivity index (χ3v) is 3.85. The minimum atomic E-state index is -4.91. The molecule has 2 rings (SSSR count). The van der Waals surface area contributed by atoms with Gasteiger partial charge < -0.3 is 10.1 Å². The minimum absolute atomic E-state index is 0.266. The third-order valence-electron chi connectivity index (χ3n) is 3.85. The van der Waals surface area contributed by atoms with Gasteiger partial charge in [0.2, 0.25) is 0 Å². The summed E-state index contributed by atoms with van der Waals surface area (Å²) in [6.45, 7) is 1.62. The quantitative estimate of drug-likeness (QED) is 0.897. The van der Waals surface area contributed by atoms with E-state index in [9.17, 15) is 18.0 Å². The van der Waals surface area contributed by atoms with E-state index in [2.05, 4.69) is 5.32 Å². The van der Waals surface area contributed by atoms with Gasteiger partial charge in [0.05, 0.1) is 6.04 Å². The van der Waals surface area contributed by atoms with Crippen LogP contribution in [0.1, 0.15) is 24.1 Å². The number of ether oxygens (including phenoxy) is 1. The van der Waals surface area contributed by atoms with Crippen molar-refractivity contribution in [2.45, 2.75) is 24.7 Å².